The van der Waals surface area contributed by atoms with Crippen molar-refractivity contribution in [3.63, 3.8) is 0 Å². The molecule has 0 unspecified atom stereocenters. The SMILES string of the molecule is C[n+]1c(/C=C/C=C/c2ccccc2)sc2ccccc21. The molecule has 98 valence electrons. The van der Waals surface area contributed by atoms with E-state index in [-0.39, 0.29) is 0 Å². The number of thiazole rings is 1. The Balaban J connectivity index is 1.81. The zero-order valence-electron chi connectivity index (χ0n) is 11.4. The fourth-order valence-corrected chi connectivity index (χ4v) is 3.20. The lowest BCUT2D eigenvalue weighted by Crippen LogP contribution is -2.28. The van der Waals surface area contributed by atoms with Gasteiger partial charge in [-0.25, -0.2) is 0 Å². The van der Waals surface area contributed by atoms with E-state index < -0.39 is 0 Å². The second kappa shape index (κ2) is 5.85. The largest absolute Gasteiger partial charge is 0.262 e. The summed E-state index contributed by atoms with van der Waals surface area (Å²) >= 11 is 1.81. The maximum atomic E-state index is 2.23. The van der Waals surface area contributed by atoms with Crippen molar-refractivity contribution >= 4 is 33.7 Å². The first-order chi connectivity index (χ1) is 9.84. The Morgan fingerprint density at radius 1 is 0.850 bits per heavy atom. The number of hydrogen-bond donors (Lipinski definition) is 0. The second-order valence-electron chi connectivity index (χ2n) is 4.60. The summed E-state index contributed by atoms with van der Waals surface area (Å²) in [6.07, 6.45) is 8.45. The number of aromatic nitrogens is 1. The minimum absolute atomic E-state index is 1.22. The Morgan fingerprint density at radius 2 is 1.55 bits per heavy atom. The highest BCUT2D eigenvalue weighted by molar-refractivity contribution is 7.18. The monoisotopic (exact) mass is 278 g/mol. The Morgan fingerprint density at radius 3 is 2.35 bits per heavy atom. The molecule has 0 spiro atoms. The third-order valence-electron chi connectivity index (χ3n) is 3.21. The molecule has 3 aromatic rings. The van der Waals surface area contributed by atoms with Crippen LogP contribution in [0.3, 0.4) is 0 Å². The van der Waals surface area contributed by atoms with Gasteiger partial charge in [-0.15, -0.1) is 0 Å². The number of nitrogens with zero attached hydrogens (tertiary/aromatic N) is 1. The molecule has 0 N–H and O–H groups in total. The molecule has 1 heterocycles. The van der Waals surface area contributed by atoms with Crippen molar-refractivity contribution in [3.8, 4) is 0 Å². The fraction of sp³-hybridized carbons (Fsp3) is 0.0556. The van der Waals surface area contributed by atoms with E-state index in [9.17, 15) is 0 Å². The van der Waals surface area contributed by atoms with Gasteiger partial charge in [-0.2, -0.15) is 4.57 Å². The van der Waals surface area contributed by atoms with Crippen molar-refractivity contribution in [2.75, 3.05) is 0 Å². The second-order valence-corrected chi connectivity index (χ2v) is 5.66. The van der Waals surface area contributed by atoms with E-state index in [0.29, 0.717) is 0 Å². The molecule has 1 nitrogen and oxygen atoms in total. The van der Waals surface area contributed by atoms with E-state index in [2.05, 4.69) is 84.4 Å². The van der Waals surface area contributed by atoms with Crippen LogP contribution in [0.5, 0.6) is 0 Å². The summed E-state index contributed by atoms with van der Waals surface area (Å²) in [5.41, 5.74) is 2.50. The van der Waals surface area contributed by atoms with Crippen LogP contribution in [0.2, 0.25) is 0 Å². The van der Waals surface area contributed by atoms with Crippen molar-refractivity contribution in [2.24, 2.45) is 7.05 Å². The summed E-state index contributed by atoms with van der Waals surface area (Å²) in [6.45, 7) is 0. The normalized spacial score (nSPS) is 11.8. The number of aryl methyl sites for hydroxylation is 1. The molecule has 0 amide bonds. The van der Waals surface area contributed by atoms with Crippen LogP contribution in [0, 0.1) is 0 Å². The molecule has 0 saturated heterocycles. The molecule has 0 bridgehead atoms. The quantitative estimate of drug-likeness (QED) is 0.492. The average molecular weight is 278 g/mol. The molecule has 1 aromatic heterocycles. The number of para-hydroxylation sites is 1. The van der Waals surface area contributed by atoms with Gasteiger partial charge in [0.05, 0.1) is 0 Å². The average Bonchev–Trinajstić information content (AvgIpc) is 2.82. The number of benzene rings is 2. The van der Waals surface area contributed by atoms with Gasteiger partial charge in [0.15, 0.2) is 0 Å². The molecule has 0 saturated carbocycles. The number of allylic oxidation sites excluding steroid dienone is 2. The first-order valence-electron chi connectivity index (χ1n) is 6.62. The molecule has 0 radical (unpaired) electrons. The van der Waals surface area contributed by atoms with Crippen LogP contribution in [0.25, 0.3) is 22.4 Å². The molecule has 3 rings (SSSR count). The molecular formula is C18H16NS+. The van der Waals surface area contributed by atoms with Gasteiger partial charge in [-0.3, -0.25) is 0 Å². The van der Waals surface area contributed by atoms with Gasteiger partial charge < -0.3 is 0 Å². The lowest BCUT2D eigenvalue weighted by molar-refractivity contribution is -0.642. The third kappa shape index (κ3) is 2.70. The van der Waals surface area contributed by atoms with Crippen LogP contribution < -0.4 is 4.57 Å². The maximum Gasteiger partial charge on any atom is 0.262 e. The van der Waals surface area contributed by atoms with Crippen molar-refractivity contribution in [1.29, 1.82) is 0 Å². The van der Waals surface area contributed by atoms with Gasteiger partial charge in [0.2, 0.25) is 5.52 Å². The number of rotatable bonds is 3. The summed E-state index contributed by atoms with van der Waals surface area (Å²) < 4.78 is 3.55. The molecule has 20 heavy (non-hydrogen) atoms. The van der Waals surface area contributed by atoms with Crippen molar-refractivity contribution in [2.45, 2.75) is 0 Å². The molecule has 0 aliphatic rings. The molecule has 2 aromatic carbocycles. The van der Waals surface area contributed by atoms with Gasteiger partial charge in [0, 0.05) is 12.1 Å². The van der Waals surface area contributed by atoms with E-state index in [1.165, 1.54) is 20.8 Å². The van der Waals surface area contributed by atoms with Gasteiger partial charge in [0.25, 0.3) is 5.01 Å². The lowest BCUT2D eigenvalue weighted by Gasteiger charge is -1.88. The van der Waals surface area contributed by atoms with Crippen LogP contribution in [0.4, 0.5) is 0 Å². The summed E-state index contributed by atoms with van der Waals surface area (Å²) in [6, 6.07) is 18.8. The highest BCUT2D eigenvalue weighted by Crippen LogP contribution is 2.20. The first-order valence-corrected chi connectivity index (χ1v) is 7.43. The summed E-state index contributed by atoms with van der Waals surface area (Å²) in [7, 11) is 2.11. The van der Waals surface area contributed by atoms with Crippen LogP contribution in [0.15, 0.2) is 66.7 Å². The summed E-state index contributed by atoms with van der Waals surface area (Å²) in [4.78, 5) is 0. The fourth-order valence-electron chi connectivity index (χ4n) is 2.13. The zero-order valence-corrected chi connectivity index (χ0v) is 12.2. The van der Waals surface area contributed by atoms with Crippen LogP contribution >= 0.6 is 11.3 Å². The smallest absolute Gasteiger partial charge is 0.185 e. The topological polar surface area (TPSA) is 3.88 Å². The lowest BCUT2D eigenvalue weighted by atomic mass is 10.2. The van der Waals surface area contributed by atoms with E-state index in [4.69, 9.17) is 0 Å². The van der Waals surface area contributed by atoms with E-state index >= 15 is 0 Å². The van der Waals surface area contributed by atoms with Crippen molar-refractivity contribution in [1.82, 2.24) is 0 Å². The van der Waals surface area contributed by atoms with Gasteiger partial charge in [-0.1, -0.05) is 72.0 Å². The Kier molecular flexibility index (Phi) is 3.75. The summed E-state index contributed by atoms with van der Waals surface area (Å²) in [5, 5.41) is 1.25. The van der Waals surface area contributed by atoms with Crippen LogP contribution in [-0.2, 0) is 7.05 Å². The molecular weight excluding hydrogens is 262 g/mol. The Hall–Kier alpha value is -2.19. The molecule has 0 fully saturated rings. The predicted octanol–water partition coefficient (Wildman–Crippen LogP) is 4.45. The standard InChI is InChI=1S/C18H16NS/c1-19-16-12-6-7-13-17(16)20-18(19)14-8-5-11-15-9-3-2-4-10-15/h2-14H,1H3/q+1/b11-5+,14-8+. The predicted molar refractivity (Wildman–Crippen MR) is 87.5 cm³/mol. The van der Waals surface area contributed by atoms with Crippen LogP contribution in [0.1, 0.15) is 10.6 Å². The van der Waals surface area contributed by atoms with Crippen molar-refractivity contribution < 1.29 is 4.57 Å². The van der Waals surface area contributed by atoms with Gasteiger partial charge >= 0.3 is 0 Å². The van der Waals surface area contributed by atoms with Gasteiger partial charge in [0.1, 0.15) is 11.7 Å². The highest BCUT2D eigenvalue weighted by Gasteiger charge is 2.12. The Bertz CT molecular complexity index is 766. The molecule has 0 aliphatic heterocycles. The highest BCUT2D eigenvalue weighted by atomic mass is 32.1. The van der Waals surface area contributed by atoms with Crippen LogP contribution in [-0.4, -0.2) is 0 Å². The first kappa shape index (κ1) is 12.8. The van der Waals surface area contributed by atoms with Gasteiger partial charge in [-0.05, 0) is 11.6 Å². The van der Waals surface area contributed by atoms with E-state index in [1.54, 1.807) is 0 Å². The number of hydrogen-bond acceptors (Lipinski definition) is 1. The summed E-state index contributed by atoms with van der Waals surface area (Å²) in [5.74, 6) is 0. The number of fused-ring (bicyclic) bond motifs is 1. The minimum atomic E-state index is 1.22. The molecule has 0 aliphatic carbocycles. The third-order valence-corrected chi connectivity index (χ3v) is 4.39. The minimum Gasteiger partial charge on any atom is -0.185 e. The van der Waals surface area contributed by atoms with E-state index in [0.717, 1.165) is 0 Å². The van der Waals surface area contributed by atoms with E-state index in [1.807, 2.05) is 17.4 Å². The molecule has 0 atom stereocenters. The maximum absolute atomic E-state index is 2.23. The zero-order chi connectivity index (χ0) is 13.8. The van der Waals surface area contributed by atoms with Crippen molar-refractivity contribution in [3.05, 3.63) is 77.3 Å². The Labute approximate surface area is 123 Å². The molecule has 2 heteroatoms.